The van der Waals surface area contributed by atoms with E-state index in [9.17, 15) is 8.42 Å². The number of rotatable bonds is 7. The molecule has 0 saturated carbocycles. The Labute approximate surface area is 84.3 Å². The summed E-state index contributed by atoms with van der Waals surface area (Å²) in [5, 5.41) is 8.44. The summed E-state index contributed by atoms with van der Waals surface area (Å²) in [4.78, 5) is 0. The van der Waals surface area contributed by atoms with Crippen LogP contribution in [0.4, 0.5) is 0 Å². The fourth-order valence-electron chi connectivity index (χ4n) is 0.785. The van der Waals surface area contributed by atoms with Crippen molar-refractivity contribution >= 4 is 21.6 Å². The van der Waals surface area contributed by atoms with Gasteiger partial charge in [-0.1, -0.05) is 6.92 Å². The van der Waals surface area contributed by atoms with Gasteiger partial charge in [-0.15, -0.1) is 11.6 Å². The number of aliphatic hydroxyl groups excluding tert-OH is 1. The first-order valence-electron chi connectivity index (χ1n) is 4.16. The minimum atomic E-state index is -3.21. The Kier molecular flexibility index (Phi) is 6.67. The highest BCUT2D eigenvalue weighted by Crippen LogP contribution is 2.01. The van der Waals surface area contributed by atoms with E-state index in [1.165, 1.54) is 0 Å². The van der Waals surface area contributed by atoms with Crippen LogP contribution in [0.25, 0.3) is 0 Å². The first kappa shape index (κ1) is 13.2. The van der Waals surface area contributed by atoms with Crippen LogP contribution in [0.15, 0.2) is 0 Å². The van der Waals surface area contributed by atoms with Crippen molar-refractivity contribution in [2.24, 2.45) is 5.92 Å². The average Bonchev–Trinajstić information content (AvgIpc) is 2.03. The second-order valence-corrected chi connectivity index (χ2v) is 5.17. The van der Waals surface area contributed by atoms with Crippen molar-refractivity contribution in [3.8, 4) is 0 Å². The van der Waals surface area contributed by atoms with Crippen molar-refractivity contribution in [1.82, 2.24) is 4.72 Å². The minimum absolute atomic E-state index is 0.00637. The highest BCUT2D eigenvalue weighted by Gasteiger charge is 2.13. The molecule has 0 amide bonds. The van der Waals surface area contributed by atoms with E-state index >= 15 is 0 Å². The molecule has 6 heteroatoms. The lowest BCUT2D eigenvalue weighted by Crippen LogP contribution is -2.30. The van der Waals surface area contributed by atoms with Gasteiger partial charge in [0, 0.05) is 19.0 Å². The van der Waals surface area contributed by atoms with E-state index in [1.807, 2.05) is 0 Å². The topological polar surface area (TPSA) is 66.4 Å². The molecule has 4 nitrogen and oxygen atoms in total. The van der Waals surface area contributed by atoms with E-state index in [0.29, 0.717) is 12.3 Å². The number of hydrogen-bond acceptors (Lipinski definition) is 3. The van der Waals surface area contributed by atoms with Gasteiger partial charge in [-0.2, -0.15) is 0 Å². The lowest BCUT2D eigenvalue weighted by molar-refractivity contribution is 0.289. The monoisotopic (exact) mass is 229 g/mol. The molecule has 0 aliphatic carbocycles. The smallest absolute Gasteiger partial charge is 0.211 e. The summed E-state index contributed by atoms with van der Waals surface area (Å²) in [6.07, 6.45) is 0.439. The van der Waals surface area contributed by atoms with Crippen LogP contribution in [0, 0.1) is 5.92 Å². The molecule has 0 radical (unpaired) electrons. The summed E-state index contributed by atoms with van der Waals surface area (Å²) < 4.78 is 24.8. The molecule has 0 aromatic rings. The van der Waals surface area contributed by atoms with Crippen LogP contribution < -0.4 is 4.72 Å². The summed E-state index contributed by atoms with van der Waals surface area (Å²) in [5.74, 6) is 0.330. The van der Waals surface area contributed by atoms with Crippen LogP contribution in [0.5, 0.6) is 0 Å². The highest BCUT2D eigenvalue weighted by atomic mass is 35.5. The minimum Gasteiger partial charge on any atom is -0.396 e. The molecular formula is C7H16ClNO3S. The second kappa shape index (κ2) is 6.59. The Hall–Kier alpha value is 0.160. The van der Waals surface area contributed by atoms with Crippen molar-refractivity contribution in [2.75, 3.05) is 24.8 Å². The lowest BCUT2D eigenvalue weighted by Gasteiger charge is -2.09. The van der Waals surface area contributed by atoms with Crippen molar-refractivity contribution in [1.29, 1.82) is 0 Å². The molecule has 1 unspecified atom stereocenters. The molecule has 0 aromatic heterocycles. The first-order chi connectivity index (χ1) is 6.02. The maximum absolute atomic E-state index is 11.2. The van der Waals surface area contributed by atoms with Crippen LogP contribution in [0.1, 0.15) is 13.3 Å². The van der Waals surface area contributed by atoms with Gasteiger partial charge in [0.25, 0.3) is 0 Å². The van der Waals surface area contributed by atoms with E-state index in [2.05, 4.69) is 4.72 Å². The van der Waals surface area contributed by atoms with Crippen molar-refractivity contribution in [3.63, 3.8) is 0 Å². The molecule has 0 rings (SSSR count). The highest BCUT2D eigenvalue weighted by molar-refractivity contribution is 7.89. The van der Waals surface area contributed by atoms with Crippen molar-refractivity contribution in [3.05, 3.63) is 0 Å². The maximum atomic E-state index is 11.2. The third-order valence-electron chi connectivity index (χ3n) is 1.42. The van der Waals surface area contributed by atoms with Gasteiger partial charge in [0.1, 0.15) is 0 Å². The Morgan fingerprint density at radius 2 is 2.15 bits per heavy atom. The van der Waals surface area contributed by atoms with E-state index in [0.717, 1.165) is 0 Å². The molecule has 80 valence electrons. The summed E-state index contributed by atoms with van der Waals surface area (Å²) in [5.41, 5.74) is 0. The molecule has 0 aromatic carbocycles. The number of alkyl halides is 1. The van der Waals surface area contributed by atoms with E-state index in [-0.39, 0.29) is 24.8 Å². The molecule has 0 fully saturated rings. The zero-order chi connectivity index (χ0) is 10.3. The molecule has 0 saturated heterocycles. The third-order valence-corrected chi connectivity index (χ3v) is 3.60. The van der Waals surface area contributed by atoms with Gasteiger partial charge in [-0.25, -0.2) is 13.1 Å². The Morgan fingerprint density at radius 3 is 2.62 bits per heavy atom. The van der Waals surface area contributed by atoms with E-state index in [1.54, 1.807) is 6.92 Å². The number of sulfonamides is 1. The Morgan fingerprint density at radius 1 is 1.54 bits per heavy atom. The van der Waals surface area contributed by atoms with Gasteiger partial charge in [-0.05, 0) is 12.3 Å². The number of hydrogen-bond donors (Lipinski definition) is 2. The van der Waals surface area contributed by atoms with Gasteiger partial charge in [0.05, 0.1) is 5.75 Å². The van der Waals surface area contributed by atoms with Gasteiger partial charge in [0.15, 0.2) is 0 Å². The van der Waals surface area contributed by atoms with E-state index in [4.69, 9.17) is 16.7 Å². The normalized spacial score (nSPS) is 14.4. The zero-order valence-corrected chi connectivity index (χ0v) is 9.24. The molecule has 1 atom stereocenters. The fourth-order valence-corrected chi connectivity index (χ4v) is 2.46. The SMILES string of the molecule is CC(CCl)CS(=O)(=O)NCCCO. The summed E-state index contributed by atoms with van der Waals surface area (Å²) >= 11 is 5.49. The lowest BCUT2D eigenvalue weighted by atomic mass is 10.3. The summed E-state index contributed by atoms with van der Waals surface area (Å²) in [6, 6.07) is 0. The largest absolute Gasteiger partial charge is 0.396 e. The van der Waals surface area contributed by atoms with Crippen molar-refractivity contribution in [2.45, 2.75) is 13.3 Å². The van der Waals surface area contributed by atoms with Crippen LogP contribution in [0.2, 0.25) is 0 Å². The van der Waals surface area contributed by atoms with E-state index < -0.39 is 10.0 Å². The predicted molar refractivity (Wildman–Crippen MR) is 53.4 cm³/mol. The molecule has 0 bridgehead atoms. The first-order valence-corrected chi connectivity index (χ1v) is 6.34. The molecule has 0 aliphatic heterocycles. The number of aliphatic hydroxyl groups is 1. The standard InChI is InChI=1S/C7H16ClNO3S/c1-7(5-8)6-13(11,12)9-3-2-4-10/h7,9-10H,2-6H2,1H3. The maximum Gasteiger partial charge on any atom is 0.211 e. The molecule has 0 spiro atoms. The van der Waals surface area contributed by atoms with Gasteiger partial charge >= 0.3 is 0 Å². The van der Waals surface area contributed by atoms with Crippen molar-refractivity contribution < 1.29 is 13.5 Å². The number of nitrogens with one attached hydrogen (secondary N) is 1. The molecule has 0 heterocycles. The third kappa shape index (κ3) is 7.25. The van der Waals surface area contributed by atoms with Crippen LogP contribution in [-0.4, -0.2) is 38.3 Å². The summed E-state index contributed by atoms with van der Waals surface area (Å²) in [6.45, 7) is 2.06. The zero-order valence-electron chi connectivity index (χ0n) is 7.66. The molecule has 2 N–H and O–H groups in total. The summed E-state index contributed by atoms with van der Waals surface area (Å²) in [7, 11) is -3.21. The van der Waals surface area contributed by atoms with Gasteiger partial charge in [0.2, 0.25) is 10.0 Å². The average molecular weight is 230 g/mol. The molecule has 13 heavy (non-hydrogen) atoms. The quantitative estimate of drug-likeness (QED) is 0.483. The number of halogens is 1. The Balaban J connectivity index is 3.81. The van der Waals surface area contributed by atoms with Gasteiger partial charge in [-0.3, -0.25) is 0 Å². The molecular weight excluding hydrogens is 214 g/mol. The van der Waals surface area contributed by atoms with Gasteiger partial charge < -0.3 is 5.11 Å². The Bertz CT molecular complexity index is 218. The predicted octanol–water partition coefficient (Wildman–Crippen LogP) is 0.163. The molecule has 0 aliphatic rings. The van der Waals surface area contributed by atoms with Crippen LogP contribution in [-0.2, 0) is 10.0 Å². The fraction of sp³-hybridized carbons (Fsp3) is 1.00. The second-order valence-electron chi connectivity index (χ2n) is 3.01. The van der Waals surface area contributed by atoms with Crippen LogP contribution >= 0.6 is 11.6 Å². The van der Waals surface area contributed by atoms with Crippen LogP contribution in [0.3, 0.4) is 0 Å².